The summed E-state index contributed by atoms with van der Waals surface area (Å²) < 4.78 is 22.0. The lowest BCUT2D eigenvalue weighted by Crippen LogP contribution is -2.36. The number of methoxy groups -OCH3 is 1. The maximum Gasteiger partial charge on any atom is 0.185 e. The second kappa shape index (κ2) is 9.46. The van der Waals surface area contributed by atoms with E-state index in [4.69, 9.17) is 10.5 Å². The predicted octanol–water partition coefficient (Wildman–Crippen LogP) is 4.14. The predicted molar refractivity (Wildman–Crippen MR) is 134 cm³/mol. The summed E-state index contributed by atoms with van der Waals surface area (Å²) in [7, 11) is 3.47. The number of anilines is 1. The van der Waals surface area contributed by atoms with Gasteiger partial charge in [0.05, 0.1) is 18.4 Å². The number of nitrogens with zero attached hydrogens (tertiary/aromatic N) is 4. The van der Waals surface area contributed by atoms with Gasteiger partial charge in [0.25, 0.3) is 0 Å². The molecule has 0 amide bonds. The number of hydrogen-bond acceptors (Lipinski definition) is 6. The van der Waals surface area contributed by atoms with Crippen LogP contribution in [0.5, 0.6) is 5.75 Å². The molecule has 0 saturated carbocycles. The summed E-state index contributed by atoms with van der Waals surface area (Å²) in [5, 5.41) is 1.11. The van der Waals surface area contributed by atoms with Crippen LogP contribution < -0.4 is 15.4 Å². The molecule has 5 rings (SSSR count). The molecule has 7 nitrogen and oxygen atoms in total. The zero-order chi connectivity index (χ0) is 24.5. The number of nitrogens with two attached hydrogens (primary N) is 1. The first kappa shape index (κ1) is 23.0. The maximum absolute atomic E-state index is 14.6. The van der Waals surface area contributed by atoms with Crippen LogP contribution in [-0.4, -0.2) is 46.6 Å². The average Bonchev–Trinajstić information content (AvgIpc) is 3.50. The number of ketones is 1. The number of ether oxygens (including phenoxy) is 1. The van der Waals surface area contributed by atoms with Gasteiger partial charge in [0.1, 0.15) is 17.3 Å². The molecular formula is C27H28FN5O2. The van der Waals surface area contributed by atoms with Crippen LogP contribution in [0.3, 0.4) is 0 Å². The van der Waals surface area contributed by atoms with Gasteiger partial charge >= 0.3 is 0 Å². The third kappa shape index (κ3) is 4.14. The van der Waals surface area contributed by atoms with Crippen molar-refractivity contribution in [3.05, 3.63) is 71.9 Å². The first-order valence-electron chi connectivity index (χ1n) is 11.7. The number of rotatable bonds is 7. The standard InChI is InChI=1S/C27H28FN5O2/c1-32-14-11-19-22(32)9-8-17(26(19)33-13-4-5-18(33)16-29)15-23(34)21-10-12-30-27(31-21)25-20(28)6-3-7-24(25)35-2/h3,6-12,14,18H,4-5,13,15-16,29H2,1-2H3/t18-/m1/s1. The minimum Gasteiger partial charge on any atom is -0.496 e. The highest BCUT2D eigenvalue weighted by Gasteiger charge is 2.28. The molecule has 180 valence electrons. The van der Waals surface area contributed by atoms with E-state index < -0.39 is 5.82 Å². The summed E-state index contributed by atoms with van der Waals surface area (Å²) in [6.07, 6.45) is 5.78. The van der Waals surface area contributed by atoms with E-state index in [1.54, 1.807) is 18.2 Å². The zero-order valence-electron chi connectivity index (χ0n) is 19.9. The van der Waals surface area contributed by atoms with Crippen LogP contribution in [0.1, 0.15) is 28.9 Å². The summed E-state index contributed by atoms with van der Waals surface area (Å²) >= 11 is 0. The SMILES string of the molecule is COc1cccc(F)c1-c1nccc(C(=O)Cc2ccc3c(ccn3C)c2N2CCC[C@@H]2CN)n1. The third-order valence-electron chi connectivity index (χ3n) is 6.77. The van der Waals surface area contributed by atoms with Crippen LogP contribution in [0.25, 0.3) is 22.3 Å². The van der Waals surface area contributed by atoms with Gasteiger partial charge in [-0.15, -0.1) is 0 Å². The fourth-order valence-corrected chi connectivity index (χ4v) is 5.03. The number of carbonyl (C=O) groups excluding carboxylic acids is 1. The normalized spacial score (nSPS) is 15.7. The third-order valence-corrected chi connectivity index (χ3v) is 6.77. The van der Waals surface area contributed by atoms with Crippen LogP contribution in [0, 0.1) is 5.82 Å². The first-order chi connectivity index (χ1) is 17.0. The number of aromatic nitrogens is 3. The zero-order valence-corrected chi connectivity index (χ0v) is 19.9. The first-order valence-corrected chi connectivity index (χ1v) is 11.7. The Balaban J connectivity index is 1.53. The highest BCUT2D eigenvalue weighted by molar-refractivity contribution is 6.01. The van der Waals surface area contributed by atoms with E-state index in [-0.39, 0.29) is 35.3 Å². The van der Waals surface area contributed by atoms with Crippen molar-refractivity contribution < 1.29 is 13.9 Å². The van der Waals surface area contributed by atoms with Gasteiger partial charge in [-0.25, -0.2) is 14.4 Å². The quantitative estimate of drug-likeness (QED) is 0.406. The van der Waals surface area contributed by atoms with E-state index in [1.807, 2.05) is 25.4 Å². The number of hydrogen-bond donors (Lipinski definition) is 1. The highest BCUT2D eigenvalue weighted by atomic mass is 19.1. The molecule has 0 spiro atoms. The minimum atomic E-state index is -0.507. The Labute approximate surface area is 203 Å². The molecular weight excluding hydrogens is 445 g/mol. The van der Waals surface area contributed by atoms with Crippen LogP contribution in [0.4, 0.5) is 10.1 Å². The van der Waals surface area contributed by atoms with Crippen molar-refractivity contribution in [1.29, 1.82) is 0 Å². The molecule has 1 saturated heterocycles. The van der Waals surface area contributed by atoms with E-state index in [9.17, 15) is 9.18 Å². The average molecular weight is 474 g/mol. The highest BCUT2D eigenvalue weighted by Crippen LogP contribution is 2.37. The molecule has 1 aliphatic rings. The van der Waals surface area contributed by atoms with Crippen LogP contribution in [0.15, 0.2) is 54.9 Å². The Bertz CT molecular complexity index is 1400. The van der Waals surface area contributed by atoms with Crippen molar-refractivity contribution in [3.63, 3.8) is 0 Å². The van der Waals surface area contributed by atoms with Crippen LogP contribution in [-0.2, 0) is 13.5 Å². The summed E-state index contributed by atoms with van der Waals surface area (Å²) in [6, 6.07) is 12.5. The Kier molecular flexibility index (Phi) is 6.21. The molecule has 1 aliphatic heterocycles. The number of Topliss-reactive ketones (excluding diaryl/α,β-unsaturated/α-hetero) is 1. The second-order valence-corrected chi connectivity index (χ2v) is 8.84. The summed E-state index contributed by atoms with van der Waals surface area (Å²) in [6.45, 7) is 1.47. The molecule has 0 unspecified atom stereocenters. The second-order valence-electron chi connectivity index (χ2n) is 8.84. The number of aryl methyl sites for hydroxylation is 1. The largest absolute Gasteiger partial charge is 0.496 e. The van der Waals surface area contributed by atoms with Crippen molar-refractivity contribution >= 4 is 22.4 Å². The molecule has 2 aromatic carbocycles. The van der Waals surface area contributed by atoms with Crippen molar-refractivity contribution in [2.24, 2.45) is 12.8 Å². The van der Waals surface area contributed by atoms with Crippen molar-refractivity contribution in [2.75, 3.05) is 25.1 Å². The van der Waals surface area contributed by atoms with Crippen LogP contribution >= 0.6 is 0 Å². The number of benzene rings is 2. The molecule has 1 atom stereocenters. The Morgan fingerprint density at radius 3 is 2.89 bits per heavy atom. The van der Waals surface area contributed by atoms with Gasteiger partial charge in [0, 0.05) is 55.9 Å². The van der Waals surface area contributed by atoms with Crippen LogP contribution in [0.2, 0.25) is 0 Å². The van der Waals surface area contributed by atoms with Crippen molar-refractivity contribution in [2.45, 2.75) is 25.3 Å². The number of carbonyl (C=O) groups is 1. The maximum atomic E-state index is 14.6. The van der Waals surface area contributed by atoms with Gasteiger partial charge in [-0.1, -0.05) is 12.1 Å². The molecule has 35 heavy (non-hydrogen) atoms. The molecule has 0 aliphatic carbocycles. The Hall–Kier alpha value is -3.78. The molecule has 2 N–H and O–H groups in total. The molecule has 2 aromatic heterocycles. The lowest BCUT2D eigenvalue weighted by Gasteiger charge is -2.29. The van der Waals surface area contributed by atoms with Gasteiger partial charge in [0.2, 0.25) is 0 Å². The molecule has 0 radical (unpaired) electrons. The summed E-state index contributed by atoms with van der Waals surface area (Å²) in [5.74, 6) is -0.239. The fourth-order valence-electron chi connectivity index (χ4n) is 5.03. The van der Waals surface area contributed by atoms with Gasteiger partial charge < -0.3 is 19.9 Å². The van der Waals surface area contributed by atoms with Gasteiger partial charge in [-0.05, 0) is 48.7 Å². The van der Waals surface area contributed by atoms with Crippen molar-refractivity contribution in [3.8, 4) is 17.1 Å². The topological polar surface area (TPSA) is 86.3 Å². The molecule has 8 heteroatoms. The van der Waals surface area contributed by atoms with Gasteiger partial charge in [-0.3, -0.25) is 4.79 Å². The van der Waals surface area contributed by atoms with E-state index in [1.165, 1.54) is 19.4 Å². The van der Waals surface area contributed by atoms with Gasteiger partial charge in [0.15, 0.2) is 11.6 Å². The molecule has 1 fully saturated rings. The minimum absolute atomic E-state index is 0.118. The lowest BCUT2D eigenvalue weighted by atomic mass is 10.0. The molecule has 0 bridgehead atoms. The lowest BCUT2D eigenvalue weighted by molar-refractivity contribution is 0.0988. The molecule has 4 aromatic rings. The summed E-state index contributed by atoms with van der Waals surface area (Å²) in [4.78, 5) is 24.4. The van der Waals surface area contributed by atoms with E-state index in [2.05, 4.69) is 25.5 Å². The van der Waals surface area contributed by atoms with E-state index >= 15 is 0 Å². The molecule has 3 heterocycles. The number of halogens is 1. The Morgan fingerprint density at radius 2 is 2.09 bits per heavy atom. The van der Waals surface area contributed by atoms with Crippen molar-refractivity contribution in [1.82, 2.24) is 14.5 Å². The summed E-state index contributed by atoms with van der Waals surface area (Å²) in [5.41, 5.74) is 9.56. The van der Waals surface area contributed by atoms with E-state index in [0.29, 0.717) is 12.3 Å². The fraction of sp³-hybridized carbons (Fsp3) is 0.296. The monoisotopic (exact) mass is 473 g/mol. The smallest absolute Gasteiger partial charge is 0.185 e. The number of fused-ring (bicyclic) bond motifs is 1. The Morgan fingerprint density at radius 1 is 1.23 bits per heavy atom. The van der Waals surface area contributed by atoms with E-state index in [0.717, 1.165) is 41.5 Å². The van der Waals surface area contributed by atoms with Gasteiger partial charge in [-0.2, -0.15) is 0 Å².